The summed E-state index contributed by atoms with van der Waals surface area (Å²) in [6.45, 7) is 2.28. The van der Waals surface area contributed by atoms with Crippen LogP contribution in [-0.4, -0.2) is 11.9 Å². The van der Waals surface area contributed by atoms with Gasteiger partial charge in [0.05, 0.1) is 5.41 Å². The van der Waals surface area contributed by atoms with Crippen molar-refractivity contribution in [3.63, 3.8) is 0 Å². The molecule has 108 valence electrons. The molecule has 3 rings (SSSR count). The second-order valence-corrected chi connectivity index (χ2v) is 6.64. The molecule has 2 heteroatoms. The van der Waals surface area contributed by atoms with Crippen LogP contribution >= 0.6 is 0 Å². The van der Waals surface area contributed by atoms with Crippen molar-refractivity contribution in [2.45, 2.75) is 63.3 Å². The van der Waals surface area contributed by atoms with Crippen molar-refractivity contribution >= 4 is 5.91 Å². The predicted octanol–water partition coefficient (Wildman–Crippen LogP) is 3.80. The Kier molecular flexibility index (Phi) is 3.82. The fourth-order valence-electron chi connectivity index (χ4n) is 3.77. The maximum Gasteiger partial charge on any atom is 0.230 e. The maximum atomic E-state index is 12.9. The molecule has 0 unspecified atom stereocenters. The van der Waals surface area contributed by atoms with Crippen molar-refractivity contribution in [3.8, 4) is 0 Å². The Labute approximate surface area is 122 Å². The number of amides is 1. The number of hydrogen-bond donors (Lipinski definition) is 1. The zero-order valence-electron chi connectivity index (χ0n) is 12.4. The predicted molar refractivity (Wildman–Crippen MR) is 81.5 cm³/mol. The molecule has 0 aromatic heterocycles. The van der Waals surface area contributed by atoms with Crippen LogP contribution < -0.4 is 5.32 Å². The third-order valence-corrected chi connectivity index (χ3v) is 5.40. The Morgan fingerprint density at radius 3 is 2.40 bits per heavy atom. The Balaban J connectivity index is 1.74. The van der Waals surface area contributed by atoms with Crippen LogP contribution in [0.15, 0.2) is 30.3 Å². The Morgan fingerprint density at radius 1 is 1.10 bits per heavy atom. The van der Waals surface area contributed by atoms with E-state index >= 15 is 0 Å². The van der Waals surface area contributed by atoms with Crippen LogP contribution in [0.3, 0.4) is 0 Å². The summed E-state index contributed by atoms with van der Waals surface area (Å²) < 4.78 is 0. The average Bonchev–Trinajstić information content (AvgIpc) is 2.41. The van der Waals surface area contributed by atoms with Crippen molar-refractivity contribution in [1.29, 1.82) is 0 Å². The number of hydrogen-bond acceptors (Lipinski definition) is 1. The van der Waals surface area contributed by atoms with E-state index < -0.39 is 0 Å². The molecule has 1 N–H and O–H groups in total. The van der Waals surface area contributed by atoms with Crippen LogP contribution in [0.1, 0.15) is 57.4 Å². The van der Waals surface area contributed by atoms with Gasteiger partial charge in [-0.2, -0.15) is 0 Å². The summed E-state index contributed by atoms with van der Waals surface area (Å²) in [5.41, 5.74) is 0.963. The molecule has 0 radical (unpaired) electrons. The maximum absolute atomic E-state index is 12.9. The third kappa shape index (κ3) is 2.36. The van der Waals surface area contributed by atoms with Gasteiger partial charge in [-0.3, -0.25) is 4.79 Å². The molecular weight excluding hydrogens is 246 g/mol. The van der Waals surface area contributed by atoms with Crippen LogP contribution in [0, 0.1) is 5.92 Å². The summed E-state index contributed by atoms with van der Waals surface area (Å²) in [5, 5.41) is 3.37. The minimum Gasteiger partial charge on any atom is -0.352 e. The smallest absolute Gasteiger partial charge is 0.230 e. The third-order valence-electron chi connectivity index (χ3n) is 5.40. The van der Waals surface area contributed by atoms with Gasteiger partial charge in [0.1, 0.15) is 0 Å². The molecule has 1 amide bonds. The van der Waals surface area contributed by atoms with E-state index in [1.54, 1.807) is 0 Å². The summed E-state index contributed by atoms with van der Waals surface area (Å²) in [5.74, 6) is 0.897. The molecule has 20 heavy (non-hydrogen) atoms. The molecule has 2 fully saturated rings. The summed E-state index contributed by atoms with van der Waals surface area (Å²) >= 11 is 0. The molecule has 2 saturated carbocycles. The van der Waals surface area contributed by atoms with E-state index in [0.717, 1.165) is 19.3 Å². The second kappa shape index (κ2) is 5.59. The van der Waals surface area contributed by atoms with Crippen molar-refractivity contribution in [2.75, 3.05) is 0 Å². The lowest BCUT2D eigenvalue weighted by molar-refractivity contribution is -0.131. The van der Waals surface area contributed by atoms with Crippen LogP contribution in [-0.2, 0) is 10.2 Å². The first-order chi connectivity index (χ1) is 9.72. The van der Waals surface area contributed by atoms with Gasteiger partial charge < -0.3 is 5.32 Å². The molecule has 0 aliphatic heterocycles. The van der Waals surface area contributed by atoms with E-state index in [0.29, 0.717) is 12.0 Å². The molecule has 0 bridgehead atoms. The van der Waals surface area contributed by atoms with E-state index in [9.17, 15) is 4.79 Å². The highest BCUT2D eigenvalue weighted by atomic mass is 16.2. The molecule has 2 atom stereocenters. The van der Waals surface area contributed by atoms with Gasteiger partial charge in [0.15, 0.2) is 0 Å². The molecular formula is C18H25NO. The first-order valence-corrected chi connectivity index (χ1v) is 8.09. The van der Waals surface area contributed by atoms with Crippen LogP contribution in [0.4, 0.5) is 0 Å². The zero-order chi connectivity index (χ0) is 14.0. The molecule has 0 spiro atoms. The second-order valence-electron chi connectivity index (χ2n) is 6.64. The number of rotatable bonds is 3. The first kappa shape index (κ1) is 13.7. The quantitative estimate of drug-likeness (QED) is 0.890. The van der Waals surface area contributed by atoms with Crippen LogP contribution in [0.5, 0.6) is 0 Å². The fraction of sp³-hybridized carbons (Fsp3) is 0.611. The molecule has 0 saturated heterocycles. The Bertz CT molecular complexity index is 464. The number of carbonyl (C=O) groups excluding carboxylic acids is 1. The molecule has 1 aromatic carbocycles. The van der Waals surface area contributed by atoms with Gasteiger partial charge in [0.2, 0.25) is 5.91 Å². The lowest BCUT2D eigenvalue weighted by Gasteiger charge is -2.42. The average molecular weight is 271 g/mol. The highest BCUT2D eigenvalue weighted by Gasteiger charge is 2.46. The normalized spacial score (nSPS) is 28.4. The molecule has 2 aliphatic rings. The number of carbonyl (C=O) groups is 1. The van der Waals surface area contributed by atoms with Gasteiger partial charge in [-0.25, -0.2) is 0 Å². The molecule has 0 heterocycles. The number of benzene rings is 1. The highest BCUT2D eigenvalue weighted by Crippen LogP contribution is 2.44. The van der Waals surface area contributed by atoms with Crippen molar-refractivity contribution < 1.29 is 4.79 Å². The van der Waals surface area contributed by atoms with Crippen molar-refractivity contribution in [2.24, 2.45) is 5.92 Å². The SMILES string of the molecule is C[C@@H]1CCCC[C@@H]1NC(=O)C1(c2ccccc2)CCC1. The van der Waals surface area contributed by atoms with Gasteiger partial charge in [0.25, 0.3) is 0 Å². The van der Waals surface area contributed by atoms with E-state index in [2.05, 4.69) is 24.4 Å². The van der Waals surface area contributed by atoms with Crippen molar-refractivity contribution in [1.82, 2.24) is 5.32 Å². The van der Waals surface area contributed by atoms with Crippen LogP contribution in [0.25, 0.3) is 0 Å². The van der Waals surface area contributed by atoms with Gasteiger partial charge in [-0.15, -0.1) is 0 Å². The zero-order valence-corrected chi connectivity index (χ0v) is 12.4. The summed E-state index contributed by atoms with van der Waals surface area (Å²) in [6, 6.07) is 10.7. The lowest BCUT2D eigenvalue weighted by Crippen LogP contribution is -2.53. The minimum atomic E-state index is -0.238. The first-order valence-electron chi connectivity index (χ1n) is 8.09. The van der Waals surface area contributed by atoms with E-state index in [4.69, 9.17) is 0 Å². The van der Waals surface area contributed by atoms with E-state index in [1.165, 1.54) is 31.2 Å². The topological polar surface area (TPSA) is 29.1 Å². The monoisotopic (exact) mass is 271 g/mol. The summed E-state index contributed by atoms with van der Waals surface area (Å²) in [7, 11) is 0. The summed E-state index contributed by atoms with van der Waals surface area (Å²) in [4.78, 5) is 12.9. The largest absolute Gasteiger partial charge is 0.352 e. The van der Waals surface area contributed by atoms with Gasteiger partial charge in [-0.1, -0.05) is 56.5 Å². The Hall–Kier alpha value is -1.31. The number of nitrogens with one attached hydrogen (secondary N) is 1. The van der Waals surface area contributed by atoms with Crippen molar-refractivity contribution in [3.05, 3.63) is 35.9 Å². The summed E-state index contributed by atoms with van der Waals surface area (Å²) in [6.07, 6.45) is 8.16. The van der Waals surface area contributed by atoms with Crippen LogP contribution in [0.2, 0.25) is 0 Å². The van der Waals surface area contributed by atoms with Gasteiger partial charge in [-0.05, 0) is 37.2 Å². The molecule has 1 aromatic rings. The minimum absolute atomic E-state index is 0.238. The Morgan fingerprint density at radius 2 is 1.80 bits per heavy atom. The van der Waals surface area contributed by atoms with E-state index in [-0.39, 0.29) is 11.3 Å². The molecule has 2 aliphatic carbocycles. The highest BCUT2D eigenvalue weighted by molar-refractivity contribution is 5.89. The lowest BCUT2D eigenvalue weighted by atomic mass is 9.63. The standard InChI is InChI=1S/C18H25NO/c1-14-8-5-6-11-16(14)19-17(20)18(12-7-13-18)15-9-3-2-4-10-15/h2-4,9-10,14,16H,5-8,11-13H2,1H3,(H,19,20)/t14-,16+/m1/s1. The van der Waals surface area contributed by atoms with E-state index in [1.807, 2.05) is 18.2 Å². The molecule has 2 nitrogen and oxygen atoms in total. The van der Waals surface area contributed by atoms with Gasteiger partial charge >= 0.3 is 0 Å². The fourth-order valence-corrected chi connectivity index (χ4v) is 3.77. The van der Waals surface area contributed by atoms with Gasteiger partial charge in [0, 0.05) is 6.04 Å².